The molecule has 2 heterocycles. The number of hydrogen-bond acceptors (Lipinski definition) is 4. The Hall–Kier alpha value is -2.89. The lowest BCUT2D eigenvalue weighted by atomic mass is 10.3. The number of hydrogen-bond donors (Lipinski definition) is 1. The number of ether oxygens (including phenoxy) is 1. The molecule has 0 amide bonds. The summed E-state index contributed by atoms with van der Waals surface area (Å²) in [6, 6.07) is 11.8. The molecular formula is C17H17FN4O. The summed E-state index contributed by atoms with van der Waals surface area (Å²) in [6.45, 7) is 2.44. The quantitative estimate of drug-likeness (QED) is 0.781. The molecule has 0 aliphatic heterocycles. The van der Waals surface area contributed by atoms with Crippen LogP contribution in [0.2, 0.25) is 0 Å². The van der Waals surface area contributed by atoms with Crippen molar-refractivity contribution in [3.63, 3.8) is 0 Å². The van der Waals surface area contributed by atoms with E-state index < -0.39 is 0 Å². The number of pyridine rings is 1. The van der Waals surface area contributed by atoms with E-state index in [0.29, 0.717) is 18.2 Å². The predicted molar refractivity (Wildman–Crippen MR) is 86.0 cm³/mol. The Balaban J connectivity index is 1.83. The molecule has 0 unspecified atom stereocenters. The number of halogens is 1. The van der Waals surface area contributed by atoms with Gasteiger partial charge in [0.1, 0.15) is 17.3 Å². The van der Waals surface area contributed by atoms with E-state index in [-0.39, 0.29) is 5.82 Å². The Morgan fingerprint density at radius 3 is 2.83 bits per heavy atom. The van der Waals surface area contributed by atoms with Crippen LogP contribution in [0.15, 0.2) is 48.7 Å². The predicted octanol–water partition coefficient (Wildman–Crippen LogP) is 3.67. The second-order valence-electron chi connectivity index (χ2n) is 5.12. The van der Waals surface area contributed by atoms with Crippen molar-refractivity contribution in [1.29, 1.82) is 0 Å². The third kappa shape index (κ3) is 3.48. The standard InChI is InChI=1S/C17H17FN4O/c1-12-16(20-11-14-7-3-4-9-19-14)17(22(2)21-12)23-15-8-5-6-13(18)10-15/h3-10,20H,11H2,1-2H3. The molecule has 118 valence electrons. The van der Waals surface area contributed by atoms with Crippen LogP contribution in [-0.2, 0) is 13.6 Å². The van der Waals surface area contributed by atoms with Crippen molar-refractivity contribution >= 4 is 5.69 Å². The maximum Gasteiger partial charge on any atom is 0.241 e. The van der Waals surface area contributed by atoms with Gasteiger partial charge in [-0.2, -0.15) is 5.10 Å². The van der Waals surface area contributed by atoms with Crippen LogP contribution in [0.3, 0.4) is 0 Å². The highest BCUT2D eigenvalue weighted by Gasteiger charge is 2.15. The minimum atomic E-state index is -0.343. The third-order valence-electron chi connectivity index (χ3n) is 3.35. The summed E-state index contributed by atoms with van der Waals surface area (Å²) in [4.78, 5) is 4.28. The number of aryl methyl sites for hydroxylation is 2. The van der Waals surface area contributed by atoms with Crippen LogP contribution in [0.4, 0.5) is 10.1 Å². The van der Waals surface area contributed by atoms with Gasteiger partial charge in [-0.15, -0.1) is 0 Å². The van der Waals surface area contributed by atoms with Crippen LogP contribution in [-0.4, -0.2) is 14.8 Å². The van der Waals surface area contributed by atoms with Crippen molar-refractivity contribution in [2.24, 2.45) is 7.05 Å². The van der Waals surface area contributed by atoms with Crippen molar-refractivity contribution < 1.29 is 9.13 Å². The molecule has 23 heavy (non-hydrogen) atoms. The summed E-state index contributed by atoms with van der Waals surface area (Å²) in [7, 11) is 1.79. The van der Waals surface area contributed by atoms with E-state index >= 15 is 0 Å². The number of nitrogens with zero attached hydrogens (tertiary/aromatic N) is 3. The first kappa shape index (κ1) is 15.0. The first-order valence-electron chi connectivity index (χ1n) is 7.24. The molecule has 0 saturated heterocycles. The minimum absolute atomic E-state index is 0.343. The Bertz CT molecular complexity index is 802. The average Bonchev–Trinajstić information content (AvgIpc) is 2.80. The van der Waals surface area contributed by atoms with Crippen molar-refractivity contribution in [2.45, 2.75) is 13.5 Å². The zero-order valence-electron chi connectivity index (χ0n) is 13.0. The van der Waals surface area contributed by atoms with E-state index in [9.17, 15) is 4.39 Å². The monoisotopic (exact) mass is 312 g/mol. The molecule has 1 N–H and O–H groups in total. The lowest BCUT2D eigenvalue weighted by Gasteiger charge is -2.10. The van der Waals surface area contributed by atoms with Gasteiger partial charge in [0.25, 0.3) is 0 Å². The molecule has 0 aliphatic carbocycles. The Kier molecular flexibility index (Phi) is 4.23. The summed E-state index contributed by atoms with van der Waals surface area (Å²) >= 11 is 0. The molecule has 0 aliphatic rings. The van der Waals surface area contributed by atoms with E-state index in [1.54, 1.807) is 30.1 Å². The molecule has 0 atom stereocenters. The number of anilines is 1. The number of nitrogens with one attached hydrogen (secondary N) is 1. The molecule has 0 fully saturated rings. The van der Waals surface area contributed by atoms with Crippen molar-refractivity contribution in [2.75, 3.05) is 5.32 Å². The van der Waals surface area contributed by atoms with Crippen LogP contribution < -0.4 is 10.1 Å². The van der Waals surface area contributed by atoms with E-state index in [2.05, 4.69) is 15.4 Å². The molecule has 0 bridgehead atoms. The summed E-state index contributed by atoms with van der Waals surface area (Å²) in [5, 5.41) is 7.65. The summed E-state index contributed by atoms with van der Waals surface area (Å²) in [6.07, 6.45) is 1.75. The Morgan fingerprint density at radius 2 is 2.09 bits per heavy atom. The molecule has 0 radical (unpaired) electrons. The summed E-state index contributed by atoms with van der Waals surface area (Å²) in [5.74, 6) is 0.613. The second kappa shape index (κ2) is 6.48. The number of aromatic nitrogens is 3. The van der Waals surface area contributed by atoms with Crippen molar-refractivity contribution in [3.05, 3.63) is 65.9 Å². The highest BCUT2D eigenvalue weighted by molar-refractivity contribution is 5.58. The fraction of sp³-hybridized carbons (Fsp3) is 0.176. The maximum atomic E-state index is 13.3. The maximum absolute atomic E-state index is 13.3. The molecule has 0 spiro atoms. The van der Waals surface area contributed by atoms with Crippen molar-refractivity contribution in [3.8, 4) is 11.6 Å². The first-order chi connectivity index (χ1) is 11.1. The molecule has 5 nitrogen and oxygen atoms in total. The van der Waals surface area contributed by atoms with Gasteiger partial charge in [0, 0.05) is 19.3 Å². The van der Waals surface area contributed by atoms with E-state index in [0.717, 1.165) is 17.1 Å². The lowest BCUT2D eigenvalue weighted by molar-refractivity contribution is 0.428. The molecule has 2 aromatic heterocycles. The van der Waals surface area contributed by atoms with Gasteiger partial charge in [-0.3, -0.25) is 4.98 Å². The molecule has 3 rings (SSSR count). The smallest absolute Gasteiger partial charge is 0.241 e. The van der Waals surface area contributed by atoms with E-state index in [4.69, 9.17) is 4.74 Å². The van der Waals surface area contributed by atoms with Crippen LogP contribution in [0.1, 0.15) is 11.4 Å². The third-order valence-corrected chi connectivity index (χ3v) is 3.35. The van der Waals surface area contributed by atoms with Crippen LogP contribution in [0.25, 0.3) is 0 Å². The number of rotatable bonds is 5. The van der Waals surface area contributed by atoms with Gasteiger partial charge in [0.15, 0.2) is 0 Å². The van der Waals surface area contributed by atoms with E-state index in [1.807, 2.05) is 25.1 Å². The van der Waals surface area contributed by atoms with Crippen LogP contribution in [0.5, 0.6) is 11.6 Å². The zero-order chi connectivity index (χ0) is 16.2. The largest absolute Gasteiger partial charge is 0.437 e. The van der Waals surface area contributed by atoms with Gasteiger partial charge in [0.2, 0.25) is 5.88 Å². The fourth-order valence-corrected chi connectivity index (χ4v) is 2.28. The first-order valence-corrected chi connectivity index (χ1v) is 7.24. The lowest BCUT2D eigenvalue weighted by Crippen LogP contribution is -2.03. The SMILES string of the molecule is Cc1nn(C)c(Oc2cccc(F)c2)c1NCc1ccccn1. The van der Waals surface area contributed by atoms with Gasteiger partial charge in [-0.1, -0.05) is 12.1 Å². The topological polar surface area (TPSA) is 52.0 Å². The van der Waals surface area contributed by atoms with Gasteiger partial charge >= 0.3 is 0 Å². The Morgan fingerprint density at radius 1 is 1.22 bits per heavy atom. The van der Waals surface area contributed by atoms with Crippen LogP contribution in [0, 0.1) is 12.7 Å². The van der Waals surface area contributed by atoms with E-state index in [1.165, 1.54) is 12.1 Å². The minimum Gasteiger partial charge on any atom is -0.437 e. The molecule has 6 heteroatoms. The number of benzene rings is 1. The normalized spacial score (nSPS) is 10.6. The van der Waals surface area contributed by atoms with Crippen molar-refractivity contribution in [1.82, 2.24) is 14.8 Å². The fourth-order valence-electron chi connectivity index (χ4n) is 2.28. The molecule has 0 saturated carbocycles. The highest BCUT2D eigenvalue weighted by atomic mass is 19.1. The van der Waals surface area contributed by atoms with Gasteiger partial charge in [-0.05, 0) is 31.2 Å². The van der Waals surface area contributed by atoms with Gasteiger partial charge < -0.3 is 10.1 Å². The highest BCUT2D eigenvalue weighted by Crippen LogP contribution is 2.32. The molecule has 3 aromatic rings. The van der Waals surface area contributed by atoms with Gasteiger partial charge in [0.05, 0.1) is 17.9 Å². The molecular weight excluding hydrogens is 295 g/mol. The summed E-state index contributed by atoms with van der Waals surface area (Å²) in [5.41, 5.74) is 2.48. The zero-order valence-corrected chi connectivity index (χ0v) is 13.0. The molecule has 1 aromatic carbocycles. The van der Waals surface area contributed by atoms with Crippen LogP contribution >= 0.6 is 0 Å². The summed E-state index contributed by atoms with van der Waals surface area (Å²) < 4.78 is 20.8. The Labute approximate surface area is 133 Å². The average molecular weight is 312 g/mol. The van der Waals surface area contributed by atoms with Gasteiger partial charge in [-0.25, -0.2) is 9.07 Å². The second-order valence-corrected chi connectivity index (χ2v) is 5.12.